The number of carbonyl (C=O) groups is 1. The fraction of sp³-hybridized carbons (Fsp3) is 0.700. The second kappa shape index (κ2) is 13.3. The van der Waals surface area contributed by atoms with Crippen molar-refractivity contribution in [1.82, 2.24) is 0 Å². The average Bonchev–Trinajstić information content (AvgIpc) is 2.03. The van der Waals surface area contributed by atoms with Crippen LogP contribution in [-0.4, -0.2) is 6.29 Å². The van der Waals surface area contributed by atoms with Gasteiger partial charge in [-0.3, -0.25) is 4.79 Å². The van der Waals surface area contributed by atoms with E-state index >= 15 is 0 Å². The highest BCUT2D eigenvalue weighted by Gasteiger charge is 1.85. The predicted octanol–water partition coefficient (Wildman–Crippen LogP) is 3.52. The minimum absolute atomic E-state index is 0. The number of unbranched alkanes of at least 4 members (excludes halogenated alkanes) is 5. The van der Waals surface area contributed by atoms with Gasteiger partial charge in [0.2, 0.25) is 0 Å². The van der Waals surface area contributed by atoms with Gasteiger partial charge in [-0.2, -0.15) is 0 Å². The fourth-order valence-corrected chi connectivity index (χ4v) is 1.02. The summed E-state index contributed by atoms with van der Waals surface area (Å²) < 4.78 is 0. The smallest absolute Gasteiger partial charge is 0.142 e. The molecule has 0 aliphatic heterocycles. The van der Waals surface area contributed by atoms with Gasteiger partial charge >= 0.3 is 0 Å². The average molecular weight is 191 g/mol. The van der Waals surface area contributed by atoms with E-state index in [9.17, 15) is 4.79 Å². The van der Waals surface area contributed by atoms with E-state index in [1.807, 2.05) is 6.08 Å². The first-order valence-electron chi connectivity index (χ1n) is 4.52. The summed E-state index contributed by atoms with van der Waals surface area (Å²) in [6.07, 6.45) is 11.9. The zero-order chi connectivity index (χ0) is 8.36. The number of aldehydes is 1. The van der Waals surface area contributed by atoms with Gasteiger partial charge in [-0.05, 0) is 18.9 Å². The Morgan fingerprint density at radius 2 is 1.75 bits per heavy atom. The van der Waals surface area contributed by atoms with E-state index in [1.165, 1.54) is 32.1 Å². The number of halogens is 1. The Kier molecular flexibility index (Phi) is 15.8. The molecule has 0 amide bonds. The summed E-state index contributed by atoms with van der Waals surface area (Å²) in [5.41, 5.74) is 0. The van der Waals surface area contributed by atoms with Gasteiger partial charge < -0.3 is 0 Å². The van der Waals surface area contributed by atoms with Gasteiger partial charge in [0.15, 0.2) is 0 Å². The Bertz CT molecular complexity index is 110. The van der Waals surface area contributed by atoms with Crippen LogP contribution in [0.1, 0.15) is 45.4 Å². The molecule has 0 atom stereocenters. The molecule has 0 aromatic rings. The summed E-state index contributed by atoms with van der Waals surface area (Å²) in [7, 11) is 0. The maximum absolute atomic E-state index is 9.85. The molecule has 1 nitrogen and oxygen atoms in total. The molecule has 0 aromatic heterocycles. The summed E-state index contributed by atoms with van der Waals surface area (Å²) in [5.74, 6) is 0. The summed E-state index contributed by atoms with van der Waals surface area (Å²) in [4.78, 5) is 9.85. The van der Waals surface area contributed by atoms with Crippen molar-refractivity contribution in [2.75, 3.05) is 0 Å². The summed E-state index contributed by atoms with van der Waals surface area (Å²) in [6.45, 7) is 2.21. The van der Waals surface area contributed by atoms with Crippen LogP contribution < -0.4 is 0 Å². The Hall–Kier alpha value is -0.300. The third-order valence-corrected chi connectivity index (χ3v) is 1.69. The lowest BCUT2D eigenvalue weighted by Crippen LogP contribution is -1.75. The van der Waals surface area contributed by atoms with Crippen LogP contribution in [0.15, 0.2) is 12.2 Å². The lowest BCUT2D eigenvalue weighted by molar-refractivity contribution is -0.104. The van der Waals surface area contributed by atoms with Gasteiger partial charge in [0.25, 0.3) is 0 Å². The van der Waals surface area contributed by atoms with Crippen molar-refractivity contribution in [3.05, 3.63) is 12.2 Å². The van der Waals surface area contributed by atoms with Crippen LogP contribution in [0, 0.1) is 0 Å². The Morgan fingerprint density at radius 1 is 1.08 bits per heavy atom. The SMILES string of the molecule is CCCCCCCC=CC=O.Cl. The van der Waals surface area contributed by atoms with E-state index in [0.717, 1.165) is 12.7 Å². The normalized spacial score (nSPS) is 9.75. The Labute approximate surface area is 81.6 Å². The topological polar surface area (TPSA) is 17.1 Å². The van der Waals surface area contributed by atoms with Crippen LogP contribution >= 0.6 is 12.4 Å². The molecule has 12 heavy (non-hydrogen) atoms. The van der Waals surface area contributed by atoms with Crippen molar-refractivity contribution in [3.63, 3.8) is 0 Å². The maximum atomic E-state index is 9.85. The monoisotopic (exact) mass is 190 g/mol. The third kappa shape index (κ3) is 12.4. The van der Waals surface area contributed by atoms with Crippen LogP contribution in [0.4, 0.5) is 0 Å². The number of allylic oxidation sites excluding steroid dienone is 2. The molecule has 2 heteroatoms. The number of hydrogen-bond acceptors (Lipinski definition) is 1. The van der Waals surface area contributed by atoms with Gasteiger partial charge in [0.05, 0.1) is 0 Å². The van der Waals surface area contributed by atoms with Gasteiger partial charge in [-0.25, -0.2) is 0 Å². The predicted molar refractivity (Wildman–Crippen MR) is 55.8 cm³/mol. The van der Waals surface area contributed by atoms with E-state index in [1.54, 1.807) is 6.08 Å². The van der Waals surface area contributed by atoms with Crippen molar-refractivity contribution in [3.8, 4) is 0 Å². The fourth-order valence-electron chi connectivity index (χ4n) is 1.02. The molecule has 0 aromatic carbocycles. The van der Waals surface area contributed by atoms with Crippen LogP contribution in [0.3, 0.4) is 0 Å². The van der Waals surface area contributed by atoms with E-state index < -0.39 is 0 Å². The summed E-state index contributed by atoms with van der Waals surface area (Å²) >= 11 is 0. The maximum Gasteiger partial charge on any atom is 0.142 e. The van der Waals surface area contributed by atoms with Crippen molar-refractivity contribution in [2.45, 2.75) is 45.4 Å². The molecule has 0 spiro atoms. The van der Waals surface area contributed by atoms with Crippen molar-refractivity contribution >= 4 is 18.7 Å². The van der Waals surface area contributed by atoms with Crippen LogP contribution in [0.25, 0.3) is 0 Å². The van der Waals surface area contributed by atoms with Crippen molar-refractivity contribution in [1.29, 1.82) is 0 Å². The molecule has 0 radical (unpaired) electrons. The zero-order valence-corrected chi connectivity index (χ0v) is 8.61. The molecule has 0 bridgehead atoms. The zero-order valence-electron chi connectivity index (χ0n) is 7.79. The van der Waals surface area contributed by atoms with Crippen LogP contribution in [0.5, 0.6) is 0 Å². The molecule has 0 aliphatic carbocycles. The lowest BCUT2D eigenvalue weighted by Gasteiger charge is -1.94. The Morgan fingerprint density at radius 3 is 2.33 bits per heavy atom. The standard InChI is InChI=1S/C10H18O.ClH/c1-2-3-4-5-6-7-8-9-10-11;/h8-10H,2-7H2,1H3;1H. The van der Waals surface area contributed by atoms with Crippen LogP contribution in [-0.2, 0) is 4.79 Å². The number of rotatable bonds is 7. The minimum Gasteiger partial charge on any atom is -0.299 e. The molecule has 0 fully saturated rings. The molecular formula is C10H19ClO. The Balaban J connectivity index is 0. The van der Waals surface area contributed by atoms with E-state index in [0.29, 0.717) is 0 Å². The molecular weight excluding hydrogens is 172 g/mol. The second-order valence-corrected chi connectivity index (χ2v) is 2.77. The molecule has 0 N–H and O–H groups in total. The minimum atomic E-state index is 0. The highest BCUT2D eigenvalue weighted by atomic mass is 35.5. The summed E-state index contributed by atoms with van der Waals surface area (Å²) in [6, 6.07) is 0. The molecule has 0 rings (SSSR count). The molecule has 0 heterocycles. The van der Waals surface area contributed by atoms with Crippen molar-refractivity contribution in [2.24, 2.45) is 0 Å². The summed E-state index contributed by atoms with van der Waals surface area (Å²) in [5, 5.41) is 0. The molecule has 0 saturated heterocycles. The van der Waals surface area contributed by atoms with Gasteiger partial charge in [-0.1, -0.05) is 38.7 Å². The number of carbonyl (C=O) groups excluding carboxylic acids is 1. The first-order chi connectivity index (χ1) is 5.41. The largest absolute Gasteiger partial charge is 0.299 e. The molecule has 72 valence electrons. The van der Waals surface area contributed by atoms with Crippen LogP contribution in [0.2, 0.25) is 0 Å². The highest BCUT2D eigenvalue weighted by molar-refractivity contribution is 5.85. The van der Waals surface area contributed by atoms with Crippen molar-refractivity contribution < 1.29 is 4.79 Å². The lowest BCUT2D eigenvalue weighted by atomic mass is 10.1. The van der Waals surface area contributed by atoms with Gasteiger partial charge in [-0.15, -0.1) is 12.4 Å². The quantitative estimate of drug-likeness (QED) is 0.341. The molecule has 0 aliphatic rings. The van der Waals surface area contributed by atoms with E-state index in [4.69, 9.17) is 0 Å². The number of hydrogen-bond donors (Lipinski definition) is 0. The molecule has 0 unspecified atom stereocenters. The van der Waals surface area contributed by atoms with Gasteiger partial charge in [0.1, 0.15) is 6.29 Å². The van der Waals surface area contributed by atoms with E-state index in [-0.39, 0.29) is 12.4 Å². The second-order valence-electron chi connectivity index (χ2n) is 2.77. The first kappa shape index (κ1) is 14.2. The van der Waals surface area contributed by atoms with Gasteiger partial charge in [0, 0.05) is 0 Å². The molecule has 0 saturated carbocycles. The first-order valence-corrected chi connectivity index (χ1v) is 4.52. The third-order valence-electron chi connectivity index (χ3n) is 1.69. The van der Waals surface area contributed by atoms with E-state index in [2.05, 4.69) is 6.92 Å². The highest BCUT2D eigenvalue weighted by Crippen LogP contribution is 2.04.